The van der Waals surface area contributed by atoms with Crippen molar-refractivity contribution in [2.24, 2.45) is 0 Å². The van der Waals surface area contributed by atoms with Crippen LogP contribution in [0.2, 0.25) is 0 Å². The van der Waals surface area contributed by atoms with Gasteiger partial charge < -0.3 is 14.4 Å². The maximum atomic E-state index is 12.9. The summed E-state index contributed by atoms with van der Waals surface area (Å²) in [4.78, 5) is 14.7. The zero-order chi connectivity index (χ0) is 22.6. The third-order valence-electron chi connectivity index (χ3n) is 5.06. The van der Waals surface area contributed by atoms with Crippen molar-refractivity contribution in [3.63, 3.8) is 0 Å². The number of hydrogen-bond acceptors (Lipinski definition) is 6. The second kappa shape index (κ2) is 9.62. The Hall–Kier alpha value is -3.04. The van der Waals surface area contributed by atoms with Crippen LogP contribution in [0, 0.1) is 0 Å². The van der Waals surface area contributed by atoms with Crippen molar-refractivity contribution in [3.8, 4) is 11.5 Å². The average Bonchev–Trinajstić information content (AvgIpc) is 3.35. The highest BCUT2D eigenvalue weighted by Gasteiger charge is 2.20. The lowest BCUT2D eigenvalue weighted by atomic mass is 10.1. The first kappa shape index (κ1) is 22.2. The van der Waals surface area contributed by atoms with Crippen LogP contribution in [0.25, 0.3) is 0 Å². The number of amides is 1. The maximum absolute atomic E-state index is 12.9. The minimum absolute atomic E-state index is 0.0197. The minimum atomic E-state index is -3.59. The highest BCUT2D eigenvalue weighted by atomic mass is 32.2. The van der Waals surface area contributed by atoms with Crippen LogP contribution in [0.15, 0.2) is 64.2 Å². The Bertz CT molecular complexity index is 1180. The molecule has 0 bridgehead atoms. The number of carbonyl (C=O) groups is 1. The lowest BCUT2D eigenvalue weighted by Crippen LogP contribution is -2.32. The fraction of sp³-hybridized carbons (Fsp3) is 0.261. The van der Waals surface area contributed by atoms with Crippen molar-refractivity contribution in [1.82, 2.24) is 4.90 Å². The number of fused-ring (bicyclic) bond motifs is 1. The summed E-state index contributed by atoms with van der Waals surface area (Å²) in [5, 5.41) is 1.72. The Balaban J connectivity index is 1.41. The SMILES string of the molecule is CCN(Cc1cccc2c1OCCO2)C(=O)Cc1ccc(NS(=O)(=O)c2cccs2)cc1. The lowest BCUT2D eigenvalue weighted by molar-refractivity contribution is -0.130. The van der Waals surface area contributed by atoms with Gasteiger partial charge in [-0.25, -0.2) is 8.42 Å². The van der Waals surface area contributed by atoms with Gasteiger partial charge in [-0.15, -0.1) is 11.3 Å². The van der Waals surface area contributed by atoms with Crippen molar-refractivity contribution in [3.05, 3.63) is 71.1 Å². The van der Waals surface area contributed by atoms with Crippen LogP contribution in [0.1, 0.15) is 18.1 Å². The van der Waals surface area contributed by atoms with Crippen molar-refractivity contribution in [2.75, 3.05) is 24.5 Å². The first-order valence-electron chi connectivity index (χ1n) is 10.3. The first-order chi connectivity index (χ1) is 15.5. The van der Waals surface area contributed by atoms with Gasteiger partial charge in [0.25, 0.3) is 10.0 Å². The molecule has 0 saturated carbocycles. The molecule has 32 heavy (non-hydrogen) atoms. The number of benzene rings is 2. The monoisotopic (exact) mass is 472 g/mol. The molecule has 0 spiro atoms. The fourth-order valence-corrected chi connectivity index (χ4v) is 5.49. The van der Waals surface area contributed by atoms with Gasteiger partial charge in [-0.1, -0.05) is 30.3 Å². The number of hydrogen-bond donors (Lipinski definition) is 1. The van der Waals surface area contributed by atoms with Gasteiger partial charge in [0.1, 0.15) is 17.4 Å². The molecule has 3 aromatic rings. The second-order valence-electron chi connectivity index (χ2n) is 7.26. The first-order valence-corrected chi connectivity index (χ1v) is 12.6. The van der Waals surface area contributed by atoms with Crippen molar-refractivity contribution >= 4 is 33.0 Å². The fourth-order valence-electron chi connectivity index (χ4n) is 3.44. The van der Waals surface area contributed by atoms with Crippen LogP contribution < -0.4 is 14.2 Å². The van der Waals surface area contributed by atoms with Gasteiger partial charge in [-0.3, -0.25) is 9.52 Å². The number of carbonyl (C=O) groups excluding carboxylic acids is 1. The van der Waals surface area contributed by atoms with E-state index in [2.05, 4.69) is 4.72 Å². The molecule has 1 aliphatic heterocycles. The highest BCUT2D eigenvalue weighted by Crippen LogP contribution is 2.34. The third-order valence-corrected chi connectivity index (χ3v) is 7.84. The molecule has 0 unspecified atom stereocenters. The van der Waals surface area contributed by atoms with Crippen LogP contribution >= 0.6 is 11.3 Å². The summed E-state index contributed by atoms with van der Waals surface area (Å²) in [6.45, 7) is 3.94. The molecule has 0 fully saturated rings. The van der Waals surface area contributed by atoms with E-state index in [0.717, 1.165) is 22.5 Å². The molecule has 4 rings (SSSR count). The number of anilines is 1. The molecule has 1 amide bonds. The summed E-state index contributed by atoms with van der Waals surface area (Å²) < 4.78 is 38.9. The van der Waals surface area contributed by atoms with Crippen LogP contribution in [-0.2, 0) is 27.8 Å². The standard InChI is InChI=1S/C23H24N2O5S2/c1-2-25(16-18-5-3-6-20-23(18)30-13-12-29-20)21(26)15-17-8-10-19(11-9-17)24-32(27,28)22-7-4-14-31-22/h3-11,14,24H,2,12-13,15-16H2,1H3. The van der Waals surface area contributed by atoms with Crippen LogP contribution in [0.4, 0.5) is 5.69 Å². The van der Waals surface area contributed by atoms with Crippen molar-refractivity contribution in [1.29, 1.82) is 0 Å². The quantitative estimate of drug-likeness (QED) is 0.537. The molecule has 9 heteroatoms. The molecule has 1 aromatic heterocycles. The van der Waals surface area contributed by atoms with E-state index >= 15 is 0 Å². The number of nitrogens with one attached hydrogen (secondary N) is 1. The topological polar surface area (TPSA) is 84.9 Å². The molecular weight excluding hydrogens is 448 g/mol. The zero-order valence-electron chi connectivity index (χ0n) is 17.6. The van der Waals surface area contributed by atoms with Crippen LogP contribution in [0.5, 0.6) is 11.5 Å². The van der Waals surface area contributed by atoms with E-state index in [1.165, 1.54) is 0 Å². The number of nitrogens with zero attached hydrogens (tertiary/aromatic N) is 1. The average molecular weight is 473 g/mol. The summed E-state index contributed by atoms with van der Waals surface area (Å²) in [5.74, 6) is 1.39. The van der Waals surface area contributed by atoms with E-state index < -0.39 is 10.0 Å². The van der Waals surface area contributed by atoms with Crippen LogP contribution in [-0.4, -0.2) is 39.0 Å². The molecule has 0 atom stereocenters. The van der Waals surface area contributed by atoms with Gasteiger partial charge in [-0.05, 0) is 42.1 Å². The van der Waals surface area contributed by atoms with E-state index in [4.69, 9.17) is 9.47 Å². The number of likely N-dealkylation sites (N-methyl/N-ethyl adjacent to an activating group) is 1. The summed E-state index contributed by atoms with van der Waals surface area (Å²) in [5.41, 5.74) is 2.17. The van der Waals surface area contributed by atoms with E-state index in [0.29, 0.717) is 43.5 Å². The van der Waals surface area contributed by atoms with Gasteiger partial charge >= 0.3 is 0 Å². The smallest absolute Gasteiger partial charge is 0.271 e. The Morgan fingerprint density at radius 2 is 1.84 bits per heavy atom. The Morgan fingerprint density at radius 1 is 1.06 bits per heavy atom. The molecule has 0 radical (unpaired) electrons. The largest absolute Gasteiger partial charge is 0.486 e. The Kier molecular flexibility index (Phi) is 6.66. The Labute approximate surface area is 191 Å². The highest BCUT2D eigenvalue weighted by molar-refractivity contribution is 7.94. The Morgan fingerprint density at radius 3 is 2.56 bits per heavy atom. The zero-order valence-corrected chi connectivity index (χ0v) is 19.2. The number of ether oxygens (including phenoxy) is 2. The van der Waals surface area contributed by atoms with E-state index in [9.17, 15) is 13.2 Å². The van der Waals surface area contributed by atoms with Crippen molar-refractivity contribution in [2.45, 2.75) is 24.1 Å². The molecule has 2 heterocycles. The molecule has 1 N–H and O–H groups in total. The van der Waals surface area contributed by atoms with Gasteiger partial charge in [-0.2, -0.15) is 0 Å². The summed E-state index contributed by atoms with van der Waals surface area (Å²) in [7, 11) is -3.59. The molecule has 1 aliphatic rings. The molecule has 0 aliphatic carbocycles. The second-order valence-corrected chi connectivity index (χ2v) is 10.1. The number of sulfonamides is 1. The predicted octanol–water partition coefficient (Wildman–Crippen LogP) is 3.91. The molecule has 0 saturated heterocycles. The number of rotatable bonds is 8. The summed E-state index contributed by atoms with van der Waals surface area (Å²) >= 11 is 1.16. The molecule has 7 nitrogen and oxygen atoms in total. The number of thiophene rings is 1. The lowest BCUT2D eigenvalue weighted by Gasteiger charge is -2.25. The number of para-hydroxylation sites is 1. The van der Waals surface area contributed by atoms with Gasteiger partial charge in [0.15, 0.2) is 11.5 Å². The maximum Gasteiger partial charge on any atom is 0.271 e. The van der Waals surface area contributed by atoms with Gasteiger partial charge in [0.2, 0.25) is 5.91 Å². The summed E-state index contributed by atoms with van der Waals surface area (Å²) in [6.07, 6.45) is 0.220. The van der Waals surface area contributed by atoms with E-state index in [-0.39, 0.29) is 16.5 Å². The summed E-state index contributed by atoms with van der Waals surface area (Å²) in [6, 6.07) is 15.8. The van der Waals surface area contributed by atoms with Crippen LogP contribution in [0.3, 0.4) is 0 Å². The third kappa shape index (κ3) is 5.05. The van der Waals surface area contributed by atoms with E-state index in [1.54, 1.807) is 46.7 Å². The van der Waals surface area contributed by atoms with Gasteiger partial charge in [0, 0.05) is 24.3 Å². The molecule has 168 valence electrons. The van der Waals surface area contributed by atoms with E-state index in [1.807, 2.05) is 25.1 Å². The minimum Gasteiger partial charge on any atom is -0.486 e. The normalized spacial score (nSPS) is 12.9. The molecule has 2 aromatic carbocycles. The van der Waals surface area contributed by atoms with Gasteiger partial charge in [0.05, 0.1) is 6.42 Å². The van der Waals surface area contributed by atoms with Crippen molar-refractivity contribution < 1.29 is 22.7 Å². The predicted molar refractivity (Wildman–Crippen MR) is 124 cm³/mol. The molecular formula is C23H24N2O5S2.